The van der Waals surface area contributed by atoms with Gasteiger partial charge in [-0.15, -0.1) is 0 Å². The van der Waals surface area contributed by atoms with Crippen LogP contribution < -0.4 is 0 Å². The molecule has 0 N–H and O–H groups in total. The van der Waals surface area contributed by atoms with Crippen LogP contribution in [0.3, 0.4) is 0 Å². The van der Waals surface area contributed by atoms with E-state index in [4.69, 9.17) is 5.10 Å². The number of aromatic nitrogens is 2. The van der Waals surface area contributed by atoms with Crippen LogP contribution in [0, 0.1) is 19.3 Å². The van der Waals surface area contributed by atoms with Crippen molar-refractivity contribution in [2.24, 2.45) is 5.41 Å². The van der Waals surface area contributed by atoms with Gasteiger partial charge in [-0.25, -0.2) is 4.68 Å². The van der Waals surface area contributed by atoms with Crippen molar-refractivity contribution in [3.05, 3.63) is 70.9 Å². The van der Waals surface area contributed by atoms with E-state index in [0.717, 1.165) is 17.8 Å². The maximum absolute atomic E-state index is 5.12. The Hall–Kier alpha value is -2.35. The molecule has 4 rings (SSSR count). The minimum absolute atomic E-state index is 0.313. The van der Waals surface area contributed by atoms with Gasteiger partial charge in [-0.05, 0) is 50.2 Å². The van der Waals surface area contributed by atoms with E-state index in [-0.39, 0.29) is 0 Å². The highest BCUT2D eigenvalue weighted by Gasteiger charge is 2.35. The van der Waals surface area contributed by atoms with Gasteiger partial charge in [-0.2, -0.15) is 5.10 Å². The molecular weight excluding hydrogens is 316 g/mol. The molecule has 26 heavy (non-hydrogen) atoms. The smallest absolute Gasteiger partial charge is 0.0962 e. The highest BCUT2D eigenvalue weighted by atomic mass is 15.3. The molecule has 0 bridgehead atoms. The number of hydrogen-bond donors (Lipinski definition) is 0. The van der Waals surface area contributed by atoms with Crippen molar-refractivity contribution in [2.45, 2.75) is 53.4 Å². The van der Waals surface area contributed by atoms with Crippen molar-refractivity contribution in [3.8, 4) is 16.9 Å². The Balaban J connectivity index is 1.93. The molecule has 1 heterocycles. The zero-order valence-corrected chi connectivity index (χ0v) is 16.5. The van der Waals surface area contributed by atoms with Crippen LogP contribution in [-0.4, -0.2) is 9.78 Å². The van der Waals surface area contributed by atoms with Crippen LogP contribution in [-0.2, 0) is 6.42 Å². The predicted molar refractivity (Wildman–Crippen MR) is 109 cm³/mol. The standard InChI is InChI=1S/C24H28N2/c1-16-6-10-19(11-7-16)22-21-15-24(4,5)14-18(3)23(21)26(25-22)20-12-8-17(2)9-13-20/h6-13,18H,14-15H2,1-5H3. The van der Waals surface area contributed by atoms with Crippen molar-refractivity contribution in [1.29, 1.82) is 0 Å². The largest absolute Gasteiger partial charge is 0.237 e. The fourth-order valence-corrected chi connectivity index (χ4v) is 4.45. The minimum Gasteiger partial charge on any atom is -0.237 e. The molecule has 2 heteroatoms. The van der Waals surface area contributed by atoms with Crippen LogP contribution >= 0.6 is 0 Å². The van der Waals surface area contributed by atoms with E-state index in [2.05, 4.69) is 87.8 Å². The number of rotatable bonds is 2. The van der Waals surface area contributed by atoms with Crippen molar-refractivity contribution in [1.82, 2.24) is 9.78 Å². The molecular formula is C24H28N2. The molecule has 0 amide bonds. The third-order valence-corrected chi connectivity index (χ3v) is 5.61. The third-order valence-electron chi connectivity index (χ3n) is 5.61. The Morgan fingerprint density at radius 1 is 0.923 bits per heavy atom. The number of benzene rings is 2. The summed E-state index contributed by atoms with van der Waals surface area (Å²) in [7, 11) is 0. The van der Waals surface area contributed by atoms with Crippen molar-refractivity contribution >= 4 is 0 Å². The molecule has 1 atom stereocenters. The molecule has 3 aromatic rings. The lowest BCUT2D eigenvalue weighted by Crippen LogP contribution is -2.25. The van der Waals surface area contributed by atoms with Gasteiger partial charge < -0.3 is 0 Å². The number of nitrogens with zero attached hydrogens (tertiary/aromatic N) is 2. The molecule has 0 fully saturated rings. The lowest BCUT2D eigenvalue weighted by atomic mass is 9.71. The molecule has 0 aliphatic heterocycles. The van der Waals surface area contributed by atoms with E-state index in [0.29, 0.717) is 11.3 Å². The summed E-state index contributed by atoms with van der Waals surface area (Å²) in [6.07, 6.45) is 2.28. The molecule has 1 aromatic heterocycles. The van der Waals surface area contributed by atoms with Gasteiger partial charge in [0, 0.05) is 11.1 Å². The van der Waals surface area contributed by atoms with Gasteiger partial charge in [0.15, 0.2) is 0 Å². The molecule has 0 radical (unpaired) electrons. The fourth-order valence-electron chi connectivity index (χ4n) is 4.45. The number of hydrogen-bond acceptors (Lipinski definition) is 1. The van der Waals surface area contributed by atoms with E-state index in [1.54, 1.807) is 0 Å². The summed E-state index contributed by atoms with van der Waals surface area (Å²) in [5.41, 5.74) is 9.24. The third kappa shape index (κ3) is 2.98. The second-order valence-corrected chi connectivity index (χ2v) is 8.77. The summed E-state index contributed by atoms with van der Waals surface area (Å²) in [4.78, 5) is 0. The van der Waals surface area contributed by atoms with Crippen LogP contribution in [0.5, 0.6) is 0 Å². The lowest BCUT2D eigenvalue weighted by Gasteiger charge is -2.34. The summed E-state index contributed by atoms with van der Waals surface area (Å²) in [5, 5.41) is 5.12. The quantitative estimate of drug-likeness (QED) is 0.538. The molecule has 0 saturated heterocycles. The van der Waals surface area contributed by atoms with Gasteiger partial charge in [-0.3, -0.25) is 0 Å². The molecule has 2 aromatic carbocycles. The zero-order valence-electron chi connectivity index (χ0n) is 16.5. The first-order chi connectivity index (χ1) is 12.3. The molecule has 1 aliphatic carbocycles. The van der Waals surface area contributed by atoms with Crippen LogP contribution in [0.1, 0.15) is 55.5 Å². The Labute approximate surface area is 156 Å². The molecule has 1 aliphatic rings. The summed E-state index contributed by atoms with van der Waals surface area (Å²) in [6, 6.07) is 17.5. The Kier molecular flexibility index (Phi) is 4.02. The molecule has 0 saturated carbocycles. The highest BCUT2D eigenvalue weighted by Crippen LogP contribution is 2.45. The van der Waals surface area contributed by atoms with Gasteiger partial charge in [0.25, 0.3) is 0 Å². The van der Waals surface area contributed by atoms with E-state index < -0.39 is 0 Å². The Bertz CT molecular complexity index is 928. The fraction of sp³-hybridized carbons (Fsp3) is 0.375. The molecule has 1 unspecified atom stereocenters. The predicted octanol–water partition coefficient (Wildman–Crippen LogP) is 6.23. The average molecular weight is 345 g/mol. The Morgan fingerprint density at radius 3 is 2.12 bits per heavy atom. The van der Waals surface area contributed by atoms with E-state index in [9.17, 15) is 0 Å². The molecule has 0 spiro atoms. The minimum atomic E-state index is 0.313. The van der Waals surface area contributed by atoms with E-state index in [1.807, 2.05) is 0 Å². The van der Waals surface area contributed by atoms with Crippen molar-refractivity contribution < 1.29 is 0 Å². The summed E-state index contributed by atoms with van der Waals surface area (Å²) >= 11 is 0. The summed E-state index contributed by atoms with van der Waals surface area (Å²) in [5.74, 6) is 0.502. The number of fused-ring (bicyclic) bond motifs is 1. The zero-order chi connectivity index (χ0) is 18.5. The van der Waals surface area contributed by atoms with Crippen LogP contribution in [0.4, 0.5) is 0 Å². The maximum Gasteiger partial charge on any atom is 0.0962 e. The van der Waals surface area contributed by atoms with Gasteiger partial charge in [0.05, 0.1) is 17.1 Å². The van der Waals surface area contributed by atoms with Gasteiger partial charge in [0.2, 0.25) is 0 Å². The van der Waals surface area contributed by atoms with Crippen LogP contribution in [0.15, 0.2) is 48.5 Å². The normalized spacial score (nSPS) is 18.6. The first-order valence-corrected chi connectivity index (χ1v) is 9.60. The topological polar surface area (TPSA) is 17.8 Å². The molecule has 134 valence electrons. The Morgan fingerprint density at radius 2 is 1.50 bits per heavy atom. The maximum atomic E-state index is 5.12. The van der Waals surface area contributed by atoms with Gasteiger partial charge in [0.1, 0.15) is 0 Å². The van der Waals surface area contributed by atoms with E-state index >= 15 is 0 Å². The number of aryl methyl sites for hydroxylation is 2. The van der Waals surface area contributed by atoms with Crippen molar-refractivity contribution in [2.75, 3.05) is 0 Å². The summed E-state index contributed by atoms with van der Waals surface area (Å²) < 4.78 is 2.20. The lowest BCUT2D eigenvalue weighted by molar-refractivity contribution is 0.284. The van der Waals surface area contributed by atoms with Gasteiger partial charge >= 0.3 is 0 Å². The molecule has 2 nitrogen and oxygen atoms in total. The first-order valence-electron chi connectivity index (χ1n) is 9.60. The van der Waals surface area contributed by atoms with Crippen LogP contribution in [0.25, 0.3) is 16.9 Å². The average Bonchev–Trinajstić information content (AvgIpc) is 2.94. The van der Waals surface area contributed by atoms with Crippen LogP contribution in [0.2, 0.25) is 0 Å². The van der Waals surface area contributed by atoms with Crippen molar-refractivity contribution in [3.63, 3.8) is 0 Å². The highest BCUT2D eigenvalue weighted by molar-refractivity contribution is 5.66. The first kappa shape index (κ1) is 17.1. The monoisotopic (exact) mass is 344 g/mol. The second kappa shape index (κ2) is 6.12. The second-order valence-electron chi connectivity index (χ2n) is 8.77. The van der Waals surface area contributed by atoms with E-state index in [1.165, 1.54) is 34.4 Å². The van der Waals surface area contributed by atoms with Gasteiger partial charge in [-0.1, -0.05) is 68.3 Å². The summed E-state index contributed by atoms with van der Waals surface area (Å²) in [6.45, 7) is 11.4. The SMILES string of the molecule is Cc1ccc(-c2nn(-c3ccc(C)cc3)c3c2CC(C)(C)CC3C)cc1.